The van der Waals surface area contributed by atoms with Crippen LogP contribution in [0.5, 0.6) is 17.2 Å². The normalized spacial score (nSPS) is 10.2. The van der Waals surface area contributed by atoms with E-state index in [2.05, 4.69) is 5.32 Å². The van der Waals surface area contributed by atoms with E-state index in [0.29, 0.717) is 17.2 Å². The van der Waals surface area contributed by atoms with E-state index in [1.165, 1.54) is 20.3 Å². The van der Waals surface area contributed by atoms with Gasteiger partial charge in [0.2, 0.25) is 5.75 Å². The number of carbonyl (C=O) groups is 1. The first-order valence-electron chi connectivity index (χ1n) is 7.14. The summed E-state index contributed by atoms with van der Waals surface area (Å²) in [5.74, 6) is -1.14. The lowest BCUT2D eigenvalue weighted by Crippen LogP contribution is -2.28. The van der Waals surface area contributed by atoms with Crippen LogP contribution in [0.25, 0.3) is 0 Å². The highest BCUT2D eigenvalue weighted by molar-refractivity contribution is 5.94. The second-order valence-corrected chi connectivity index (χ2v) is 4.72. The number of hydrogen-bond donors (Lipinski definition) is 1. The smallest absolute Gasteiger partial charge is 0.251 e. The molecule has 0 bridgehead atoms. The molecule has 1 amide bonds. The van der Waals surface area contributed by atoms with E-state index in [1.54, 1.807) is 18.2 Å². The zero-order valence-electron chi connectivity index (χ0n) is 13.3. The molecular weight excluding hydrogens is 320 g/mol. The van der Waals surface area contributed by atoms with Crippen molar-refractivity contribution in [1.82, 2.24) is 5.32 Å². The number of rotatable bonds is 7. The molecule has 0 saturated carbocycles. The quantitative estimate of drug-likeness (QED) is 0.790. The first-order chi connectivity index (χ1) is 11.6. The molecule has 0 atom stereocenters. The number of nitrogens with one attached hydrogen (secondary N) is 1. The molecule has 0 heterocycles. The van der Waals surface area contributed by atoms with Crippen molar-refractivity contribution < 1.29 is 27.8 Å². The lowest BCUT2D eigenvalue weighted by Gasteiger charge is -2.13. The third kappa shape index (κ3) is 4.13. The molecular formula is C17H17F2NO4. The van der Waals surface area contributed by atoms with Crippen molar-refractivity contribution in [3.8, 4) is 17.2 Å². The van der Waals surface area contributed by atoms with Crippen LogP contribution in [-0.2, 0) is 0 Å². The Hall–Kier alpha value is -2.83. The second-order valence-electron chi connectivity index (χ2n) is 4.72. The number of halogens is 2. The number of para-hydroxylation sites is 1. The Bertz CT molecular complexity index is 722. The zero-order chi connectivity index (χ0) is 17.5. The number of amides is 1. The molecule has 0 spiro atoms. The monoisotopic (exact) mass is 337 g/mol. The summed E-state index contributed by atoms with van der Waals surface area (Å²) in [6.07, 6.45) is 0. The third-order valence-electron chi connectivity index (χ3n) is 3.19. The summed E-state index contributed by atoms with van der Waals surface area (Å²) in [7, 11) is 3.01. The maximum atomic E-state index is 13.1. The van der Waals surface area contributed by atoms with Gasteiger partial charge in [0, 0.05) is 5.56 Å². The molecule has 0 aliphatic heterocycles. The van der Waals surface area contributed by atoms with Gasteiger partial charge in [0.05, 0.1) is 20.8 Å². The molecule has 2 rings (SSSR count). The van der Waals surface area contributed by atoms with Gasteiger partial charge in [-0.25, -0.2) is 8.78 Å². The Morgan fingerprint density at radius 3 is 2.46 bits per heavy atom. The predicted octanol–water partition coefficient (Wildman–Crippen LogP) is 2.79. The Kier molecular flexibility index (Phi) is 5.95. The standard InChI is InChI=1S/C17H17F2NO4/c1-22-14-4-3-5-15(16(14)23-2)24-9-8-20-17(21)11-6-7-12(18)13(19)10-11/h3-7,10H,8-9H2,1-2H3,(H,20,21). The van der Waals surface area contributed by atoms with Gasteiger partial charge in [-0.05, 0) is 30.3 Å². The van der Waals surface area contributed by atoms with Gasteiger partial charge in [-0.1, -0.05) is 6.07 Å². The lowest BCUT2D eigenvalue weighted by atomic mass is 10.2. The summed E-state index contributed by atoms with van der Waals surface area (Å²) in [5, 5.41) is 2.56. The van der Waals surface area contributed by atoms with Crippen molar-refractivity contribution >= 4 is 5.91 Å². The summed E-state index contributed by atoms with van der Waals surface area (Å²) >= 11 is 0. The molecule has 0 fully saturated rings. The third-order valence-corrected chi connectivity index (χ3v) is 3.19. The maximum absolute atomic E-state index is 13.1. The fourth-order valence-electron chi connectivity index (χ4n) is 2.04. The molecule has 0 unspecified atom stereocenters. The van der Waals surface area contributed by atoms with E-state index in [-0.39, 0.29) is 18.7 Å². The highest BCUT2D eigenvalue weighted by Crippen LogP contribution is 2.36. The summed E-state index contributed by atoms with van der Waals surface area (Å²) in [6, 6.07) is 8.14. The molecule has 0 saturated heterocycles. The molecule has 2 aromatic carbocycles. The van der Waals surface area contributed by atoms with Crippen molar-refractivity contribution in [2.24, 2.45) is 0 Å². The van der Waals surface area contributed by atoms with E-state index in [0.717, 1.165) is 12.1 Å². The van der Waals surface area contributed by atoms with Crippen molar-refractivity contribution in [2.45, 2.75) is 0 Å². The van der Waals surface area contributed by atoms with E-state index in [1.807, 2.05) is 0 Å². The first-order valence-corrected chi connectivity index (χ1v) is 7.14. The van der Waals surface area contributed by atoms with Crippen molar-refractivity contribution in [3.05, 3.63) is 53.6 Å². The van der Waals surface area contributed by atoms with Crippen molar-refractivity contribution in [2.75, 3.05) is 27.4 Å². The molecule has 128 valence electrons. The number of carbonyl (C=O) groups excluding carboxylic acids is 1. The summed E-state index contributed by atoms with van der Waals surface area (Å²) < 4.78 is 41.9. The second kappa shape index (κ2) is 8.14. The number of hydrogen-bond acceptors (Lipinski definition) is 4. The summed E-state index contributed by atoms with van der Waals surface area (Å²) in [4.78, 5) is 11.8. The van der Waals surface area contributed by atoms with Gasteiger partial charge < -0.3 is 19.5 Å². The van der Waals surface area contributed by atoms with E-state index >= 15 is 0 Å². The van der Waals surface area contributed by atoms with E-state index in [9.17, 15) is 13.6 Å². The highest BCUT2D eigenvalue weighted by Gasteiger charge is 2.12. The van der Waals surface area contributed by atoms with Gasteiger partial charge in [0.1, 0.15) is 6.61 Å². The minimum atomic E-state index is -1.07. The summed E-state index contributed by atoms with van der Waals surface area (Å²) in [6.45, 7) is 0.344. The van der Waals surface area contributed by atoms with Crippen LogP contribution in [0.1, 0.15) is 10.4 Å². The molecule has 5 nitrogen and oxygen atoms in total. The van der Waals surface area contributed by atoms with Crippen LogP contribution in [-0.4, -0.2) is 33.3 Å². The fourth-order valence-corrected chi connectivity index (χ4v) is 2.04. The fraction of sp³-hybridized carbons (Fsp3) is 0.235. The largest absolute Gasteiger partial charge is 0.493 e. The van der Waals surface area contributed by atoms with Gasteiger partial charge in [-0.2, -0.15) is 0 Å². The van der Waals surface area contributed by atoms with Crippen LogP contribution in [0.3, 0.4) is 0 Å². The van der Waals surface area contributed by atoms with Crippen LogP contribution >= 0.6 is 0 Å². The van der Waals surface area contributed by atoms with Gasteiger partial charge in [0.25, 0.3) is 5.91 Å². The van der Waals surface area contributed by atoms with Gasteiger partial charge in [-0.3, -0.25) is 4.79 Å². The molecule has 0 aromatic heterocycles. The van der Waals surface area contributed by atoms with E-state index < -0.39 is 17.5 Å². The molecule has 7 heteroatoms. The molecule has 24 heavy (non-hydrogen) atoms. The van der Waals surface area contributed by atoms with Crippen molar-refractivity contribution in [3.63, 3.8) is 0 Å². The molecule has 1 N–H and O–H groups in total. The molecule has 0 aliphatic carbocycles. The topological polar surface area (TPSA) is 56.8 Å². The zero-order valence-corrected chi connectivity index (χ0v) is 13.3. The van der Waals surface area contributed by atoms with Crippen LogP contribution < -0.4 is 19.5 Å². The van der Waals surface area contributed by atoms with Crippen molar-refractivity contribution in [1.29, 1.82) is 0 Å². The number of ether oxygens (including phenoxy) is 3. The molecule has 0 radical (unpaired) electrons. The molecule has 2 aromatic rings. The predicted molar refractivity (Wildman–Crippen MR) is 83.7 cm³/mol. The highest BCUT2D eigenvalue weighted by atomic mass is 19.2. The lowest BCUT2D eigenvalue weighted by molar-refractivity contribution is 0.0946. The minimum absolute atomic E-state index is 0.0351. The Morgan fingerprint density at radius 2 is 1.79 bits per heavy atom. The Morgan fingerprint density at radius 1 is 1.04 bits per heavy atom. The van der Waals surface area contributed by atoms with Crippen LogP contribution in [0.15, 0.2) is 36.4 Å². The first kappa shape index (κ1) is 17.5. The molecule has 0 aliphatic rings. The van der Waals surface area contributed by atoms with Gasteiger partial charge >= 0.3 is 0 Å². The Balaban J connectivity index is 1.89. The van der Waals surface area contributed by atoms with Gasteiger partial charge in [0.15, 0.2) is 23.1 Å². The van der Waals surface area contributed by atoms with Gasteiger partial charge in [-0.15, -0.1) is 0 Å². The van der Waals surface area contributed by atoms with Crippen LogP contribution in [0, 0.1) is 11.6 Å². The number of methoxy groups -OCH3 is 2. The van der Waals surface area contributed by atoms with Crippen LogP contribution in [0.2, 0.25) is 0 Å². The average Bonchev–Trinajstić information content (AvgIpc) is 2.60. The average molecular weight is 337 g/mol. The SMILES string of the molecule is COc1cccc(OCCNC(=O)c2ccc(F)c(F)c2)c1OC. The number of benzene rings is 2. The maximum Gasteiger partial charge on any atom is 0.251 e. The van der Waals surface area contributed by atoms with Crippen LogP contribution in [0.4, 0.5) is 8.78 Å². The Labute approximate surface area is 138 Å². The minimum Gasteiger partial charge on any atom is -0.493 e. The summed E-state index contributed by atoms with van der Waals surface area (Å²) in [5.41, 5.74) is 0.0351. The van der Waals surface area contributed by atoms with E-state index in [4.69, 9.17) is 14.2 Å².